The average molecular weight is 356 g/mol. The highest BCUT2D eigenvalue weighted by molar-refractivity contribution is 7.99. The summed E-state index contributed by atoms with van der Waals surface area (Å²) in [7, 11) is 0. The molecule has 1 unspecified atom stereocenters. The Hall–Kier alpha value is -2.70. The minimum atomic E-state index is -0.955. The Bertz CT molecular complexity index is 897. The van der Waals surface area contributed by atoms with Gasteiger partial charge in [-0.15, -0.1) is 24.6 Å². The number of halogens is 1. The molecule has 0 aliphatic carbocycles. The molecule has 1 N–H and O–H groups in total. The predicted molar refractivity (Wildman–Crippen MR) is 98.6 cm³/mol. The zero-order valence-corrected chi connectivity index (χ0v) is 14.9. The van der Waals surface area contributed by atoms with Crippen LogP contribution in [0, 0.1) is 30.5 Å². The molecular weight excluding hydrogens is 339 g/mol. The van der Waals surface area contributed by atoms with Crippen molar-refractivity contribution < 1.29 is 13.9 Å². The molecule has 0 saturated heterocycles. The SMILES string of the molecule is C#Cc1cnc2cc(F)c(OC(SC)C(=O)NC(C)(C)C#C)cc2c1. The lowest BCUT2D eigenvalue weighted by Crippen LogP contribution is -2.47. The number of carbonyl (C=O) groups is 1. The highest BCUT2D eigenvalue weighted by atomic mass is 32.2. The van der Waals surface area contributed by atoms with Gasteiger partial charge in [0.2, 0.25) is 5.44 Å². The van der Waals surface area contributed by atoms with E-state index in [-0.39, 0.29) is 5.75 Å². The minimum Gasteiger partial charge on any atom is -0.467 e. The topological polar surface area (TPSA) is 51.2 Å². The van der Waals surface area contributed by atoms with Crippen LogP contribution in [0.1, 0.15) is 19.4 Å². The van der Waals surface area contributed by atoms with E-state index in [1.165, 1.54) is 18.3 Å². The van der Waals surface area contributed by atoms with Crippen LogP contribution >= 0.6 is 11.8 Å². The van der Waals surface area contributed by atoms with Crippen molar-refractivity contribution in [2.75, 3.05) is 6.26 Å². The number of carbonyl (C=O) groups excluding carboxylic acids is 1. The smallest absolute Gasteiger partial charge is 0.272 e. The summed E-state index contributed by atoms with van der Waals surface area (Å²) in [6.45, 7) is 3.37. The van der Waals surface area contributed by atoms with Crippen LogP contribution in [0.15, 0.2) is 24.4 Å². The van der Waals surface area contributed by atoms with E-state index in [0.29, 0.717) is 16.5 Å². The molecule has 0 aliphatic heterocycles. The summed E-state index contributed by atoms with van der Waals surface area (Å²) in [6.07, 6.45) is 13.9. The number of fused-ring (bicyclic) bond motifs is 1. The molecule has 2 rings (SSSR count). The van der Waals surface area contributed by atoms with Crippen molar-refractivity contribution in [3.05, 3.63) is 35.8 Å². The fourth-order valence-corrected chi connectivity index (χ4v) is 2.50. The monoisotopic (exact) mass is 356 g/mol. The van der Waals surface area contributed by atoms with E-state index in [1.54, 1.807) is 26.2 Å². The van der Waals surface area contributed by atoms with E-state index >= 15 is 0 Å². The number of rotatable bonds is 5. The first-order valence-electron chi connectivity index (χ1n) is 7.35. The van der Waals surface area contributed by atoms with Crippen LogP contribution in [0.5, 0.6) is 5.75 Å². The zero-order chi connectivity index (χ0) is 18.6. The average Bonchev–Trinajstić information content (AvgIpc) is 2.58. The number of hydrogen-bond donors (Lipinski definition) is 1. The van der Waals surface area contributed by atoms with Gasteiger partial charge in [0.05, 0.1) is 11.1 Å². The van der Waals surface area contributed by atoms with E-state index in [2.05, 4.69) is 22.1 Å². The van der Waals surface area contributed by atoms with Crippen LogP contribution < -0.4 is 10.1 Å². The van der Waals surface area contributed by atoms with Crippen LogP contribution in [0.25, 0.3) is 10.9 Å². The molecule has 128 valence electrons. The molecule has 0 fully saturated rings. The van der Waals surface area contributed by atoms with Crippen LogP contribution in [0.3, 0.4) is 0 Å². The Balaban J connectivity index is 2.31. The Labute approximate surface area is 150 Å². The molecule has 1 aromatic heterocycles. The second-order valence-corrected chi connectivity index (χ2v) is 6.69. The molecular formula is C19H17FN2O2S. The molecule has 1 amide bonds. The molecule has 0 aliphatic rings. The molecule has 4 nitrogen and oxygen atoms in total. The minimum absolute atomic E-state index is 0.0588. The number of benzene rings is 1. The van der Waals surface area contributed by atoms with Crippen LogP contribution in [0.4, 0.5) is 4.39 Å². The van der Waals surface area contributed by atoms with Crippen LogP contribution in [0.2, 0.25) is 0 Å². The highest BCUT2D eigenvalue weighted by Crippen LogP contribution is 2.27. The third-order valence-electron chi connectivity index (χ3n) is 3.36. The summed E-state index contributed by atoms with van der Waals surface area (Å²) in [5.41, 5.74) is -0.770. The zero-order valence-electron chi connectivity index (χ0n) is 14.1. The third-order valence-corrected chi connectivity index (χ3v) is 4.10. The van der Waals surface area contributed by atoms with Gasteiger partial charge in [-0.2, -0.15) is 0 Å². The van der Waals surface area contributed by atoms with Gasteiger partial charge in [0, 0.05) is 23.2 Å². The van der Waals surface area contributed by atoms with E-state index in [1.807, 2.05) is 0 Å². The summed E-state index contributed by atoms with van der Waals surface area (Å²) in [5.74, 6) is 3.82. The molecule has 0 bridgehead atoms. The first kappa shape index (κ1) is 18.6. The maximum atomic E-state index is 14.3. The molecule has 6 heteroatoms. The van der Waals surface area contributed by atoms with Crippen molar-refractivity contribution >= 4 is 28.6 Å². The number of aromatic nitrogens is 1. The first-order chi connectivity index (χ1) is 11.8. The molecule has 0 saturated carbocycles. The number of hydrogen-bond acceptors (Lipinski definition) is 4. The molecule has 25 heavy (non-hydrogen) atoms. The number of amides is 1. The number of ether oxygens (including phenoxy) is 1. The van der Waals surface area contributed by atoms with Gasteiger partial charge in [-0.1, -0.05) is 11.8 Å². The van der Waals surface area contributed by atoms with Crippen molar-refractivity contribution in [2.24, 2.45) is 0 Å². The van der Waals surface area contributed by atoms with E-state index in [0.717, 1.165) is 11.8 Å². The summed E-state index contributed by atoms with van der Waals surface area (Å²) < 4.78 is 19.8. The number of terminal acetylenes is 2. The second kappa shape index (κ2) is 7.46. The fourth-order valence-electron chi connectivity index (χ4n) is 2.03. The van der Waals surface area contributed by atoms with Gasteiger partial charge in [0.25, 0.3) is 5.91 Å². The number of nitrogens with zero attached hydrogens (tertiary/aromatic N) is 1. The summed E-state index contributed by atoms with van der Waals surface area (Å²) in [4.78, 5) is 16.4. The molecule has 0 radical (unpaired) electrons. The second-order valence-electron chi connectivity index (χ2n) is 5.79. The standard InChI is InChI=1S/C19H17FN2O2S/c1-6-12-8-13-9-16(14(20)10-15(13)21-11-12)24-18(25-5)17(23)22-19(3,4)7-2/h1-2,8-11,18H,3-5H3,(H,22,23). The van der Waals surface area contributed by atoms with Gasteiger partial charge in [-0.3, -0.25) is 9.78 Å². The van der Waals surface area contributed by atoms with Crippen LogP contribution in [-0.2, 0) is 4.79 Å². The van der Waals surface area contributed by atoms with E-state index < -0.39 is 22.7 Å². The van der Waals surface area contributed by atoms with Gasteiger partial charge in [0.15, 0.2) is 11.6 Å². The van der Waals surface area contributed by atoms with E-state index in [4.69, 9.17) is 17.6 Å². The lowest BCUT2D eigenvalue weighted by Gasteiger charge is -2.24. The normalized spacial score (nSPS) is 12.1. The van der Waals surface area contributed by atoms with Crippen molar-refractivity contribution in [1.82, 2.24) is 10.3 Å². The van der Waals surface area contributed by atoms with Crippen LogP contribution in [-0.4, -0.2) is 28.1 Å². The summed E-state index contributed by atoms with van der Waals surface area (Å²) >= 11 is 1.13. The summed E-state index contributed by atoms with van der Waals surface area (Å²) in [6, 6.07) is 4.41. The number of pyridine rings is 1. The summed E-state index contributed by atoms with van der Waals surface area (Å²) in [5, 5.41) is 3.29. The maximum Gasteiger partial charge on any atom is 0.272 e. The lowest BCUT2D eigenvalue weighted by atomic mass is 10.1. The molecule has 1 heterocycles. The molecule has 1 atom stereocenters. The molecule has 2 aromatic rings. The quantitative estimate of drug-likeness (QED) is 0.661. The number of nitrogens with one attached hydrogen (secondary N) is 1. The van der Waals surface area contributed by atoms with Crippen molar-refractivity contribution in [3.63, 3.8) is 0 Å². The Morgan fingerprint density at radius 2 is 2.12 bits per heavy atom. The van der Waals surface area contributed by atoms with Gasteiger partial charge in [-0.25, -0.2) is 4.39 Å². The maximum absolute atomic E-state index is 14.3. The Morgan fingerprint density at radius 1 is 1.40 bits per heavy atom. The van der Waals surface area contributed by atoms with Crippen molar-refractivity contribution in [3.8, 4) is 30.4 Å². The van der Waals surface area contributed by atoms with Crippen molar-refractivity contribution in [1.29, 1.82) is 0 Å². The predicted octanol–water partition coefficient (Wildman–Crippen LogP) is 2.95. The van der Waals surface area contributed by atoms with Gasteiger partial charge >= 0.3 is 0 Å². The fraction of sp³-hybridized carbons (Fsp3) is 0.263. The lowest BCUT2D eigenvalue weighted by molar-refractivity contribution is -0.125. The number of thioether (sulfide) groups is 1. The molecule has 1 aromatic carbocycles. The highest BCUT2D eigenvalue weighted by Gasteiger charge is 2.26. The van der Waals surface area contributed by atoms with Gasteiger partial charge < -0.3 is 10.1 Å². The van der Waals surface area contributed by atoms with Gasteiger partial charge in [0.1, 0.15) is 0 Å². The third kappa shape index (κ3) is 4.43. The van der Waals surface area contributed by atoms with Gasteiger partial charge in [-0.05, 0) is 32.2 Å². The Morgan fingerprint density at radius 3 is 2.72 bits per heavy atom. The van der Waals surface area contributed by atoms with E-state index in [9.17, 15) is 9.18 Å². The molecule has 0 spiro atoms. The Kier molecular flexibility index (Phi) is 5.56. The largest absolute Gasteiger partial charge is 0.467 e. The van der Waals surface area contributed by atoms with Crippen molar-refractivity contribution in [2.45, 2.75) is 24.8 Å². The first-order valence-corrected chi connectivity index (χ1v) is 8.63.